The topological polar surface area (TPSA) is 29.1 Å². The Hall–Kier alpha value is -0.960. The van der Waals surface area contributed by atoms with Crippen molar-refractivity contribution in [1.29, 1.82) is 0 Å². The van der Waals surface area contributed by atoms with Crippen LogP contribution in [0.5, 0.6) is 0 Å². The number of hydrogen-bond acceptors (Lipinski definition) is 2. The molecule has 0 atom stereocenters. The minimum atomic E-state index is 0.121. The highest BCUT2D eigenvalue weighted by Gasteiger charge is 1.97. The predicted octanol–water partition coefficient (Wildman–Crippen LogP) is 2.48. The van der Waals surface area contributed by atoms with Crippen LogP contribution in [0.4, 0.5) is 0 Å². The molecule has 1 rings (SSSR count). The molecule has 0 fully saturated rings. The highest BCUT2D eigenvalue weighted by atomic mass is 32.2. The van der Waals surface area contributed by atoms with Crippen LogP contribution >= 0.6 is 11.8 Å². The van der Waals surface area contributed by atoms with Crippen LogP contribution in [0.3, 0.4) is 0 Å². The number of benzene rings is 1. The smallest absolute Gasteiger partial charge is 0.219 e. The summed E-state index contributed by atoms with van der Waals surface area (Å²) in [5.74, 6) is 0.121. The standard InChI is InChI=1S/C12H17NOS/c1-3-12(14)13-9-8-10-4-6-11(15-2)7-5-10/h4-7H,3,8-9H2,1-2H3,(H,13,14). The van der Waals surface area contributed by atoms with Gasteiger partial charge in [-0.3, -0.25) is 4.79 Å². The van der Waals surface area contributed by atoms with E-state index in [-0.39, 0.29) is 5.91 Å². The van der Waals surface area contributed by atoms with Gasteiger partial charge in [0, 0.05) is 17.9 Å². The number of hydrogen-bond donors (Lipinski definition) is 1. The summed E-state index contributed by atoms with van der Waals surface area (Å²) in [4.78, 5) is 12.3. The van der Waals surface area contributed by atoms with E-state index >= 15 is 0 Å². The molecule has 0 bridgehead atoms. The number of nitrogens with one attached hydrogen (secondary N) is 1. The Balaban J connectivity index is 2.34. The number of amides is 1. The predicted molar refractivity (Wildman–Crippen MR) is 65.2 cm³/mol. The van der Waals surface area contributed by atoms with Crippen LogP contribution in [-0.4, -0.2) is 18.7 Å². The molecule has 2 nitrogen and oxygen atoms in total. The Kier molecular flexibility index (Phi) is 5.26. The second-order valence-electron chi connectivity index (χ2n) is 3.30. The van der Waals surface area contributed by atoms with Crippen molar-refractivity contribution in [3.63, 3.8) is 0 Å². The Labute approximate surface area is 95.5 Å². The zero-order chi connectivity index (χ0) is 11.1. The van der Waals surface area contributed by atoms with Gasteiger partial charge in [0.2, 0.25) is 5.91 Å². The van der Waals surface area contributed by atoms with E-state index in [1.807, 2.05) is 6.92 Å². The maximum Gasteiger partial charge on any atom is 0.219 e. The zero-order valence-electron chi connectivity index (χ0n) is 9.25. The van der Waals surface area contributed by atoms with Crippen molar-refractivity contribution in [2.24, 2.45) is 0 Å². The fourth-order valence-electron chi connectivity index (χ4n) is 1.26. The van der Waals surface area contributed by atoms with Gasteiger partial charge in [0.05, 0.1) is 0 Å². The van der Waals surface area contributed by atoms with E-state index in [2.05, 4.69) is 35.8 Å². The molecule has 0 heterocycles. The lowest BCUT2D eigenvalue weighted by Crippen LogP contribution is -2.24. The van der Waals surface area contributed by atoms with Crippen LogP contribution in [0.15, 0.2) is 29.2 Å². The fourth-order valence-corrected chi connectivity index (χ4v) is 1.67. The summed E-state index contributed by atoms with van der Waals surface area (Å²) in [6.07, 6.45) is 3.53. The molecule has 0 saturated carbocycles. The average molecular weight is 223 g/mol. The molecule has 0 aliphatic carbocycles. The zero-order valence-corrected chi connectivity index (χ0v) is 10.1. The second-order valence-corrected chi connectivity index (χ2v) is 4.18. The Morgan fingerprint density at radius 3 is 2.53 bits per heavy atom. The molecule has 1 amide bonds. The van der Waals surface area contributed by atoms with Gasteiger partial charge in [-0.15, -0.1) is 11.8 Å². The largest absolute Gasteiger partial charge is 0.356 e. The first-order chi connectivity index (χ1) is 7.26. The molecule has 0 spiro atoms. The molecule has 0 unspecified atom stereocenters. The molecule has 1 N–H and O–H groups in total. The van der Waals surface area contributed by atoms with Gasteiger partial charge in [-0.05, 0) is 30.4 Å². The van der Waals surface area contributed by atoms with Crippen LogP contribution in [0.1, 0.15) is 18.9 Å². The Bertz CT molecular complexity index is 308. The first-order valence-corrected chi connectivity index (χ1v) is 6.38. The van der Waals surface area contributed by atoms with Gasteiger partial charge in [-0.1, -0.05) is 19.1 Å². The van der Waals surface area contributed by atoms with Gasteiger partial charge in [0.25, 0.3) is 0 Å². The molecule has 3 heteroatoms. The summed E-state index contributed by atoms with van der Waals surface area (Å²) < 4.78 is 0. The number of carbonyl (C=O) groups excluding carboxylic acids is 1. The lowest BCUT2D eigenvalue weighted by Gasteiger charge is -2.04. The van der Waals surface area contributed by atoms with E-state index in [9.17, 15) is 4.79 Å². The van der Waals surface area contributed by atoms with Crippen LogP contribution in [0, 0.1) is 0 Å². The molecule has 0 saturated heterocycles. The van der Waals surface area contributed by atoms with E-state index in [0.29, 0.717) is 6.42 Å². The van der Waals surface area contributed by atoms with E-state index in [4.69, 9.17) is 0 Å². The van der Waals surface area contributed by atoms with Gasteiger partial charge in [0.1, 0.15) is 0 Å². The van der Waals surface area contributed by atoms with Crippen LogP contribution in [-0.2, 0) is 11.2 Å². The Morgan fingerprint density at radius 2 is 2.00 bits per heavy atom. The molecule has 1 aromatic carbocycles. The normalized spacial score (nSPS) is 10.0. The summed E-state index contributed by atoms with van der Waals surface area (Å²) in [6, 6.07) is 8.46. The number of thioether (sulfide) groups is 1. The van der Waals surface area contributed by atoms with E-state index in [1.165, 1.54) is 10.5 Å². The monoisotopic (exact) mass is 223 g/mol. The summed E-state index contributed by atoms with van der Waals surface area (Å²) >= 11 is 1.74. The van der Waals surface area contributed by atoms with Gasteiger partial charge >= 0.3 is 0 Å². The maximum atomic E-state index is 11.0. The van der Waals surface area contributed by atoms with Crippen molar-refractivity contribution in [3.8, 4) is 0 Å². The minimum Gasteiger partial charge on any atom is -0.356 e. The third-order valence-corrected chi connectivity index (χ3v) is 2.96. The molecule has 0 radical (unpaired) electrons. The van der Waals surface area contributed by atoms with E-state index in [1.54, 1.807) is 11.8 Å². The molecule has 0 aromatic heterocycles. The van der Waals surface area contributed by atoms with Gasteiger partial charge in [0.15, 0.2) is 0 Å². The van der Waals surface area contributed by atoms with Crippen molar-refractivity contribution in [2.75, 3.05) is 12.8 Å². The summed E-state index contributed by atoms with van der Waals surface area (Å²) in [5, 5.41) is 2.87. The van der Waals surface area contributed by atoms with Crippen molar-refractivity contribution in [3.05, 3.63) is 29.8 Å². The van der Waals surface area contributed by atoms with Crippen molar-refractivity contribution in [2.45, 2.75) is 24.7 Å². The molecule has 0 aliphatic rings. The molecule has 1 aromatic rings. The molecule has 82 valence electrons. The Morgan fingerprint density at radius 1 is 1.33 bits per heavy atom. The average Bonchev–Trinajstić information content (AvgIpc) is 2.29. The van der Waals surface area contributed by atoms with Gasteiger partial charge < -0.3 is 5.32 Å². The van der Waals surface area contributed by atoms with Crippen LogP contribution in [0.2, 0.25) is 0 Å². The SMILES string of the molecule is CCC(=O)NCCc1ccc(SC)cc1. The molecule has 15 heavy (non-hydrogen) atoms. The van der Waals surface area contributed by atoms with E-state index in [0.717, 1.165) is 13.0 Å². The highest BCUT2D eigenvalue weighted by molar-refractivity contribution is 7.98. The summed E-state index contributed by atoms with van der Waals surface area (Å²) in [5.41, 5.74) is 1.27. The first-order valence-electron chi connectivity index (χ1n) is 5.16. The first kappa shape index (κ1) is 12.1. The van der Waals surface area contributed by atoms with Gasteiger partial charge in [-0.2, -0.15) is 0 Å². The third kappa shape index (κ3) is 4.38. The molecular weight excluding hydrogens is 206 g/mol. The molecular formula is C12H17NOS. The van der Waals surface area contributed by atoms with Crippen molar-refractivity contribution < 1.29 is 4.79 Å². The van der Waals surface area contributed by atoms with Gasteiger partial charge in [-0.25, -0.2) is 0 Å². The van der Waals surface area contributed by atoms with Crippen molar-refractivity contribution in [1.82, 2.24) is 5.32 Å². The fraction of sp³-hybridized carbons (Fsp3) is 0.417. The van der Waals surface area contributed by atoms with E-state index < -0.39 is 0 Å². The number of carbonyl (C=O) groups is 1. The maximum absolute atomic E-state index is 11.0. The lowest BCUT2D eigenvalue weighted by atomic mass is 10.1. The summed E-state index contributed by atoms with van der Waals surface area (Å²) in [6.45, 7) is 2.59. The van der Waals surface area contributed by atoms with Crippen LogP contribution < -0.4 is 5.32 Å². The quantitative estimate of drug-likeness (QED) is 0.777. The third-order valence-electron chi connectivity index (χ3n) is 2.22. The summed E-state index contributed by atoms with van der Waals surface area (Å²) in [7, 11) is 0. The second kappa shape index (κ2) is 6.51. The number of rotatable bonds is 5. The molecule has 0 aliphatic heterocycles. The lowest BCUT2D eigenvalue weighted by molar-refractivity contribution is -0.120. The van der Waals surface area contributed by atoms with Crippen LogP contribution in [0.25, 0.3) is 0 Å². The van der Waals surface area contributed by atoms with Crippen molar-refractivity contribution >= 4 is 17.7 Å². The highest BCUT2D eigenvalue weighted by Crippen LogP contribution is 2.14. The minimum absolute atomic E-state index is 0.121.